The van der Waals surface area contributed by atoms with Crippen LogP contribution in [-0.2, 0) is 4.79 Å². The number of carbonyl (C=O) groups is 2. The van der Waals surface area contributed by atoms with Gasteiger partial charge in [0.2, 0.25) is 5.91 Å². The van der Waals surface area contributed by atoms with Crippen molar-refractivity contribution < 1.29 is 9.59 Å². The highest BCUT2D eigenvalue weighted by atomic mass is 32.1. The van der Waals surface area contributed by atoms with Crippen LogP contribution in [0.15, 0.2) is 5.38 Å². The van der Waals surface area contributed by atoms with Crippen LogP contribution >= 0.6 is 11.3 Å². The number of rotatable bonds is 2. The smallest absolute Gasteiger partial charge is 0.283 e. The molecule has 1 aromatic rings. The number of aromatic nitrogens is 1. The van der Waals surface area contributed by atoms with Crippen molar-refractivity contribution >= 4 is 23.2 Å². The van der Waals surface area contributed by atoms with E-state index in [9.17, 15) is 9.59 Å². The Kier molecular flexibility index (Phi) is 2.62. The monoisotopic (exact) mass is 265 g/mol. The van der Waals surface area contributed by atoms with E-state index in [1.54, 1.807) is 4.90 Å². The number of thiazole rings is 1. The lowest BCUT2D eigenvalue weighted by atomic mass is 10.2. The summed E-state index contributed by atoms with van der Waals surface area (Å²) in [6.45, 7) is 4.72. The third-order valence-corrected chi connectivity index (χ3v) is 4.36. The largest absolute Gasteiger partial charge is 0.350 e. The number of nitrogens with zero attached hydrogens (tertiary/aromatic N) is 2. The van der Waals surface area contributed by atoms with Gasteiger partial charge in [0, 0.05) is 18.0 Å². The molecule has 2 fully saturated rings. The maximum Gasteiger partial charge on any atom is 0.283 e. The fourth-order valence-electron chi connectivity index (χ4n) is 2.48. The van der Waals surface area contributed by atoms with E-state index in [0.29, 0.717) is 17.5 Å². The topological polar surface area (TPSA) is 62.3 Å². The molecule has 2 saturated heterocycles. The van der Waals surface area contributed by atoms with Gasteiger partial charge in [-0.2, -0.15) is 0 Å². The van der Waals surface area contributed by atoms with Gasteiger partial charge in [-0.1, -0.05) is 13.8 Å². The fourth-order valence-corrected chi connectivity index (χ4v) is 3.42. The molecule has 3 heterocycles. The minimum absolute atomic E-state index is 0.0276. The number of amides is 2. The van der Waals surface area contributed by atoms with E-state index < -0.39 is 0 Å². The van der Waals surface area contributed by atoms with Gasteiger partial charge >= 0.3 is 0 Å². The molecule has 5 nitrogen and oxygen atoms in total. The molecule has 0 aliphatic carbocycles. The summed E-state index contributed by atoms with van der Waals surface area (Å²) in [6, 6.07) is -0.148. The van der Waals surface area contributed by atoms with E-state index in [4.69, 9.17) is 0 Å². The van der Waals surface area contributed by atoms with E-state index in [1.807, 2.05) is 5.38 Å². The van der Waals surface area contributed by atoms with Gasteiger partial charge in [-0.15, -0.1) is 11.3 Å². The summed E-state index contributed by atoms with van der Waals surface area (Å²) in [5.74, 6) is 0.190. The molecule has 0 spiro atoms. The third kappa shape index (κ3) is 1.71. The van der Waals surface area contributed by atoms with Crippen molar-refractivity contribution in [2.75, 3.05) is 6.54 Å². The number of nitrogens with one attached hydrogen (secondary N) is 1. The second-order valence-corrected chi connectivity index (χ2v) is 6.00. The summed E-state index contributed by atoms with van der Waals surface area (Å²) in [4.78, 5) is 29.9. The zero-order valence-corrected chi connectivity index (χ0v) is 11.2. The Bertz CT molecular complexity index is 511. The highest BCUT2D eigenvalue weighted by Gasteiger charge is 2.46. The minimum atomic E-state index is -0.283. The highest BCUT2D eigenvalue weighted by molar-refractivity contribution is 7.11. The average Bonchev–Trinajstić information content (AvgIpc) is 3.01. The van der Waals surface area contributed by atoms with Crippen molar-refractivity contribution in [1.29, 1.82) is 0 Å². The van der Waals surface area contributed by atoms with E-state index >= 15 is 0 Å². The molecule has 18 heavy (non-hydrogen) atoms. The Morgan fingerprint density at radius 2 is 2.39 bits per heavy atom. The normalized spacial score (nSPS) is 25.9. The lowest BCUT2D eigenvalue weighted by Gasteiger charge is -2.25. The number of fused-ring (bicyclic) bond motifs is 2. The Labute approximate surface area is 109 Å². The summed E-state index contributed by atoms with van der Waals surface area (Å²) < 4.78 is 0. The molecule has 2 atom stereocenters. The first-order chi connectivity index (χ1) is 8.56. The Balaban J connectivity index is 1.80. The highest BCUT2D eigenvalue weighted by Crippen LogP contribution is 2.27. The molecule has 2 bridgehead atoms. The fraction of sp³-hybridized carbons (Fsp3) is 0.583. The van der Waals surface area contributed by atoms with Gasteiger partial charge in [-0.05, 0) is 12.3 Å². The Hall–Kier alpha value is -1.43. The van der Waals surface area contributed by atoms with Crippen LogP contribution < -0.4 is 5.32 Å². The van der Waals surface area contributed by atoms with Crippen LogP contribution in [0.25, 0.3) is 0 Å². The average molecular weight is 265 g/mol. The van der Waals surface area contributed by atoms with Gasteiger partial charge in [0.1, 0.15) is 6.04 Å². The van der Waals surface area contributed by atoms with Gasteiger partial charge in [0.05, 0.1) is 5.69 Å². The molecule has 1 N–H and O–H groups in total. The summed E-state index contributed by atoms with van der Waals surface area (Å²) in [6.07, 6.45) is 0.743. The molecule has 0 unspecified atom stereocenters. The maximum absolute atomic E-state index is 12.3. The SMILES string of the molecule is CC(C)c1csc(C(=O)N2C[C@@H]3C[C@H]2C(=O)N3)n1. The summed E-state index contributed by atoms with van der Waals surface area (Å²) in [5.41, 5.74) is 0.942. The van der Waals surface area contributed by atoms with Crippen LogP contribution in [0.3, 0.4) is 0 Å². The quantitative estimate of drug-likeness (QED) is 0.867. The lowest BCUT2D eigenvalue weighted by Crippen LogP contribution is -2.50. The first kappa shape index (κ1) is 11.6. The molecule has 2 aliphatic rings. The zero-order chi connectivity index (χ0) is 12.9. The van der Waals surface area contributed by atoms with Crippen molar-refractivity contribution in [2.45, 2.75) is 38.3 Å². The van der Waals surface area contributed by atoms with Gasteiger partial charge in [0.15, 0.2) is 5.01 Å². The molecule has 6 heteroatoms. The van der Waals surface area contributed by atoms with Crippen molar-refractivity contribution in [2.24, 2.45) is 0 Å². The van der Waals surface area contributed by atoms with Crippen LogP contribution in [-0.4, -0.2) is 40.3 Å². The molecule has 3 rings (SSSR count). The van der Waals surface area contributed by atoms with E-state index in [0.717, 1.165) is 12.1 Å². The van der Waals surface area contributed by atoms with Crippen LogP contribution in [0.2, 0.25) is 0 Å². The second-order valence-electron chi connectivity index (χ2n) is 5.15. The molecule has 2 amide bonds. The van der Waals surface area contributed by atoms with Gasteiger partial charge < -0.3 is 10.2 Å². The Morgan fingerprint density at radius 1 is 1.61 bits per heavy atom. The molecular weight excluding hydrogens is 250 g/mol. The standard InChI is InChI=1S/C12H15N3O2S/c1-6(2)8-5-18-11(14-8)12(17)15-4-7-3-9(15)10(16)13-7/h5-7,9H,3-4H2,1-2H3,(H,13,16)/t7-,9-/m0/s1. The lowest BCUT2D eigenvalue weighted by molar-refractivity contribution is -0.124. The number of piperazine rings is 1. The van der Waals surface area contributed by atoms with Crippen LogP contribution in [0.1, 0.15) is 41.7 Å². The van der Waals surface area contributed by atoms with Crippen molar-refractivity contribution in [1.82, 2.24) is 15.2 Å². The van der Waals surface area contributed by atoms with Gasteiger partial charge in [0.25, 0.3) is 5.91 Å². The first-order valence-corrected chi connectivity index (χ1v) is 7.01. The van der Waals surface area contributed by atoms with Crippen LogP contribution in [0.5, 0.6) is 0 Å². The van der Waals surface area contributed by atoms with Crippen molar-refractivity contribution in [3.05, 3.63) is 16.1 Å². The molecule has 2 aliphatic heterocycles. The van der Waals surface area contributed by atoms with Gasteiger partial charge in [-0.25, -0.2) is 4.98 Å². The summed E-state index contributed by atoms with van der Waals surface area (Å²) >= 11 is 1.37. The van der Waals surface area contributed by atoms with E-state index in [-0.39, 0.29) is 23.9 Å². The molecule has 96 valence electrons. The van der Waals surface area contributed by atoms with Crippen LogP contribution in [0.4, 0.5) is 0 Å². The Morgan fingerprint density at radius 3 is 2.94 bits per heavy atom. The zero-order valence-electron chi connectivity index (χ0n) is 10.3. The van der Waals surface area contributed by atoms with E-state index in [2.05, 4.69) is 24.1 Å². The first-order valence-electron chi connectivity index (χ1n) is 6.13. The minimum Gasteiger partial charge on any atom is -0.350 e. The summed E-state index contributed by atoms with van der Waals surface area (Å²) in [5, 5.41) is 5.29. The number of hydrogen-bond acceptors (Lipinski definition) is 4. The van der Waals surface area contributed by atoms with E-state index in [1.165, 1.54) is 11.3 Å². The molecule has 0 saturated carbocycles. The van der Waals surface area contributed by atoms with Crippen LogP contribution in [0, 0.1) is 0 Å². The maximum atomic E-state index is 12.3. The van der Waals surface area contributed by atoms with Crippen molar-refractivity contribution in [3.63, 3.8) is 0 Å². The number of likely N-dealkylation sites (tertiary alicyclic amines) is 1. The second kappa shape index (κ2) is 4.05. The predicted molar refractivity (Wildman–Crippen MR) is 67.6 cm³/mol. The molecule has 0 aromatic carbocycles. The summed E-state index contributed by atoms with van der Waals surface area (Å²) in [7, 11) is 0. The number of carbonyl (C=O) groups excluding carboxylic acids is 2. The molecular formula is C12H15N3O2S. The molecule has 1 aromatic heterocycles. The van der Waals surface area contributed by atoms with Crippen molar-refractivity contribution in [3.8, 4) is 0 Å². The van der Waals surface area contributed by atoms with Gasteiger partial charge in [-0.3, -0.25) is 9.59 Å². The molecule has 0 radical (unpaired) electrons. The number of hydrogen-bond donors (Lipinski definition) is 1. The predicted octanol–water partition coefficient (Wildman–Crippen LogP) is 0.979. The third-order valence-electron chi connectivity index (χ3n) is 3.51.